The van der Waals surface area contributed by atoms with Crippen molar-refractivity contribution in [3.8, 4) is 11.9 Å². The molecule has 1 aromatic rings. The highest BCUT2D eigenvalue weighted by atomic mass is 16.5. The first kappa shape index (κ1) is 15.0. The Balaban J connectivity index is 2.05. The van der Waals surface area contributed by atoms with Gasteiger partial charge in [0.1, 0.15) is 6.10 Å². The molecule has 1 saturated carbocycles. The number of ether oxygens (including phenoxy) is 2. The van der Waals surface area contributed by atoms with E-state index in [4.69, 9.17) is 15.2 Å². The van der Waals surface area contributed by atoms with Crippen molar-refractivity contribution in [3.05, 3.63) is 11.8 Å². The Labute approximate surface area is 120 Å². The van der Waals surface area contributed by atoms with Crippen LogP contribution in [0.25, 0.3) is 0 Å². The molecular formula is C15H25N3O2. The van der Waals surface area contributed by atoms with Crippen LogP contribution in [0.2, 0.25) is 0 Å². The third-order valence-corrected chi connectivity index (χ3v) is 3.66. The highest BCUT2D eigenvalue weighted by Crippen LogP contribution is 2.27. The molecule has 0 spiro atoms. The fraction of sp³-hybridized carbons (Fsp3) is 0.733. The molecule has 0 bridgehead atoms. The number of hydrogen-bond acceptors (Lipinski definition) is 5. The quantitative estimate of drug-likeness (QED) is 0.866. The number of aromatic nitrogens is 2. The third-order valence-electron chi connectivity index (χ3n) is 3.66. The van der Waals surface area contributed by atoms with Crippen LogP contribution < -0.4 is 15.2 Å². The van der Waals surface area contributed by atoms with Gasteiger partial charge in [-0.25, -0.2) is 4.98 Å². The van der Waals surface area contributed by atoms with Crippen LogP contribution in [0.5, 0.6) is 11.9 Å². The van der Waals surface area contributed by atoms with E-state index in [0.29, 0.717) is 31.0 Å². The van der Waals surface area contributed by atoms with E-state index in [2.05, 4.69) is 16.9 Å². The van der Waals surface area contributed by atoms with Crippen LogP contribution in [0.15, 0.2) is 6.07 Å². The van der Waals surface area contributed by atoms with Gasteiger partial charge in [0.15, 0.2) is 0 Å². The smallest absolute Gasteiger partial charge is 0.320 e. The highest BCUT2D eigenvalue weighted by molar-refractivity contribution is 5.17. The fourth-order valence-electron chi connectivity index (χ4n) is 2.58. The summed E-state index contributed by atoms with van der Waals surface area (Å²) in [4.78, 5) is 8.69. The zero-order valence-electron chi connectivity index (χ0n) is 12.5. The summed E-state index contributed by atoms with van der Waals surface area (Å²) in [6.45, 7) is 5.31. The van der Waals surface area contributed by atoms with E-state index in [1.807, 2.05) is 13.0 Å². The van der Waals surface area contributed by atoms with Gasteiger partial charge in [0.25, 0.3) is 0 Å². The van der Waals surface area contributed by atoms with E-state index in [1.54, 1.807) is 0 Å². The van der Waals surface area contributed by atoms with Crippen LogP contribution in [-0.2, 0) is 0 Å². The molecule has 0 saturated heterocycles. The minimum absolute atomic E-state index is 0.134. The molecule has 1 fully saturated rings. The fourth-order valence-corrected chi connectivity index (χ4v) is 2.58. The zero-order chi connectivity index (χ0) is 14.4. The standard InChI is InChI=1S/C15H25N3O2/c1-3-8-19-14-9-11(2)17-15(18-14)20-13-7-5-4-6-12(13)10-16/h9,12-13H,3-8,10,16H2,1-2H3. The first-order chi connectivity index (χ1) is 9.72. The van der Waals surface area contributed by atoms with E-state index in [1.165, 1.54) is 12.8 Å². The van der Waals surface area contributed by atoms with Crippen molar-refractivity contribution in [1.29, 1.82) is 0 Å². The van der Waals surface area contributed by atoms with Crippen molar-refractivity contribution in [2.45, 2.75) is 52.1 Å². The average Bonchev–Trinajstić information content (AvgIpc) is 2.45. The molecular weight excluding hydrogens is 254 g/mol. The number of aryl methyl sites for hydroxylation is 1. The van der Waals surface area contributed by atoms with Crippen LogP contribution in [-0.4, -0.2) is 29.2 Å². The second kappa shape index (κ2) is 7.43. The van der Waals surface area contributed by atoms with E-state index in [9.17, 15) is 0 Å². The molecule has 5 heteroatoms. The largest absolute Gasteiger partial charge is 0.478 e. The Hall–Kier alpha value is -1.36. The molecule has 2 rings (SSSR count). The summed E-state index contributed by atoms with van der Waals surface area (Å²) in [5.41, 5.74) is 6.69. The summed E-state index contributed by atoms with van der Waals surface area (Å²) in [5.74, 6) is 1.00. The van der Waals surface area contributed by atoms with Crippen LogP contribution in [0.4, 0.5) is 0 Å². The van der Waals surface area contributed by atoms with Gasteiger partial charge in [-0.3, -0.25) is 0 Å². The molecule has 20 heavy (non-hydrogen) atoms. The van der Waals surface area contributed by atoms with Crippen LogP contribution in [0, 0.1) is 12.8 Å². The predicted octanol–water partition coefficient (Wildman–Crippen LogP) is 2.47. The van der Waals surface area contributed by atoms with Gasteiger partial charge >= 0.3 is 6.01 Å². The first-order valence-corrected chi connectivity index (χ1v) is 7.58. The van der Waals surface area contributed by atoms with Gasteiger partial charge in [0, 0.05) is 17.7 Å². The van der Waals surface area contributed by atoms with Gasteiger partial charge < -0.3 is 15.2 Å². The van der Waals surface area contributed by atoms with Crippen LogP contribution in [0.3, 0.4) is 0 Å². The van der Waals surface area contributed by atoms with Crippen molar-refractivity contribution in [3.63, 3.8) is 0 Å². The summed E-state index contributed by atoms with van der Waals surface area (Å²) >= 11 is 0. The van der Waals surface area contributed by atoms with Gasteiger partial charge in [-0.2, -0.15) is 4.98 Å². The lowest BCUT2D eigenvalue weighted by molar-refractivity contribution is 0.0859. The summed E-state index contributed by atoms with van der Waals surface area (Å²) in [5, 5.41) is 0. The maximum Gasteiger partial charge on any atom is 0.320 e. The van der Waals surface area contributed by atoms with Crippen molar-refractivity contribution in [2.75, 3.05) is 13.2 Å². The molecule has 2 N–H and O–H groups in total. The second-order valence-corrected chi connectivity index (χ2v) is 5.42. The first-order valence-electron chi connectivity index (χ1n) is 7.58. The van der Waals surface area contributed by atoms with E-state index >= 15 is 0 Å². The molecule has 5 nitrogen and oxygen atoms in total. The summed E-state index contributed by atoms with van der Waals surface area (Å²) in [6, 6.07) is 2.26. The van der Waals surface area contributed by atoms with Crippen molar-refractivity contribution in [2.24, 2.45) is 11.7 Å². The minimum atomic E-state index is 0.134. The molecule has 1 heterocycles. The summed E-state index contributed by atoms with van der Waals surface area (Å²) in [7, 11) is 0. The van der Waals surface area contributed by atoms with Gasteiger partial charge in [0.2, 0.25) is 5.88 Å². The zero-order valence-corrected chi connectivity index (χ0v) is 12.5. The number of rotatable bonds is 6. The third kappa shape index (κ3) is 4.07. The van der Waals surface area contributed by atoms with Crippen LogP contribution in [0.1, 0.15) is 44.7 Å². The summed E-state index contributed by atoms with van der Waals surface area (Å²) in [6.07, 6.45) is 5.68. The average molecular weight is 279 g/mol. The van der Waals surface area contributed by atoms with E-state index in [0.717, 1.165) is 25.0 Å². The second-order valence-electron chi connectivity index (χ2n) is 5.42. The molecule has 2 atom stereocenters. The Morgan fingerprint density at radius 2 is 2.10 bits per heavy atom. The Bertz CT molecular complexity index is 426. The maximum absolute atomic E-state index is 5.98. The molecule has 0 radical (unpaired) electrons. The SMILES string of the molecule is CCCOc1cc(C)nc(OC2CCCCC2CN)n1. The van der Waals surface area contributed by atoms with Crippen molar-refractivity contribution >= 4 is 0 Å². The number of hydrogen-bond donors (Lipinski definition) is 1. The lowest BCUT2D eigenvalue weighted by Crippen LogP contribution is -2.35. The van der Waals surface area contributed by atoms with Crippen LogP contribution >= 0.6 is 0 Å². The molecule has 0 aliphatic heterocycles. The van der Waals surface area contributed by atoms with Gasteiger partial charge in [-0.05, 0) is 39.2 Å². The predicted molar refractivity (Wildman–Crippen MR) is 78.0 cm³/mol. The van der Waals surface area contributed by atoms with Crippen molar-refractivity contribution < 1.29 is 9.47 Å². The lowest BCUT2D eigenvalue weighted by Gasteiger charge is -2.30. The van der Waals surface area contributed by atoms with Gasteiger partial charge in [0.05, 0.1) is 6.61 Å². The van der Waals surface area contributed by atoms with Gasteiger partial charge in [-0.15, -0.1) is 0 Å². The molecule has 1 aliphatic carbocycles. The Morgan fingerprint density at radius 3 is 2.85 bits per heavy atom. The Morgan fingerprint density at radius 1 is 1.30 bits per heavy atom. The minimum Gasteiger partial charge on any atom is -0.478 e. The van der Waals surface area contributed by atoms with E-state index < -0.39 is 0 Å². The molecule has 0 aromatic carbocycles. The normalized spacial score (nSPS) is 22.6. The molecule has 112 valence electrons. The topological polar surface area (TPSA) is 70.3 Å². The Kier molecular flexibility index (Phi) is 5.59. The monoisotopic (exact) mass is 279 g/mol. The number of nitrogens with two attached hydrogens (primary N) is 1. The highest BCUT2D eigenvalue weighted by Gasteiger charge is 2.26. The number of nitrogens with zero attached hydrogens (tertiary/aromatic N) is 2. The molecule has 1 aliphatic rings. The molecule has 0 amide bonds. The van der Waals surface area contributed by atoms with Gasteiger partial charge in [-0.1, -0.05) is 13.3 Å². The van der Waals surface area contributed by atoms with E-state index in [-0.39, 0.29) is 6.10 Å². The molecule has 2 unspecified atom stereocenters. The van der Waals surface area contributed by atoms with Crippen molar-refractivity contribution in [1.82, 2.24) is 9.97 Å². The molecule has 1 aromatic heterocycles. The maximum atomic E-state index is 5.98. The summed E-state index contributed by atoms with van der Waals surface area (Å²) < 4.78 is 11.5. The lowest BCUT2D eigenvalue weighted by atomic mass is 9.86.